The Hall–Kier alpha value is -4.59. The van der Waals surface area contributed by atoms with Gasteiger partial charge in [-0.3, -0.25) is 9.59 Å². The summed E-state index contributed by atoms with van der Waals surface area (Å²) in [6.45, 7) is 6.43. The van der Waals surface area contributed by atoms with Gasteiger partial charge in [-0.2, -0.15) is 5.10 Å². The second kappa shape index (κ2) is 14.5. The predicted octanol–water partition coefficient (Wildman–Crippen LogP) is 7.26. The van der Waals surface area contributed by atoms with Crippen molar-refractivity contribution in [3.8, 4) is 5.75 Å². The number of hydrogen-bond acceptors (Lipinski definition) is 4. The molecule has 7 nitrogen and oxygen atoms in total. The van der Waals surface area contributed by atoms with Crippen LogP contribution in [0.25, 0.3) is 10.9 Å². The summed E-state index contributed by atoms with van der Waals surface area (Å²) in [7, 11) is 0. The number of amides is 2. The molecule has 2 amide bonds. The average molecular weight is 642 g/mol. The predicted molar refractivity (Wildman–Crippen MR) is 181 cm³/mol. The van der Waals surface area contributed by atoms with Gasteiger partial charge in [0, 0.05) is 40.1 Å². The van der Waals surface area contributed by atoms with Gasteiger partial charge < -0.3 is 14.6 Å². The third-order valence-electron chi connectivity index (χ3n) is 7.55. The normalized spacial score (nSPS) is 12.6. The molecule has 4 aromatic carbocycles. The van der Waals surface area contributed by atoms with Gasteiger partial charge in [0.15, 0.2) is 6.10 Å². The van der Waals surface area contributed by atoms with Crippen LogP contribution < -0.4 is 15.5 Å². The summed E-state index contributed by atoms with van der Waals surface area (Å²) in [6.07, 6.45) is 0.996. The Labute approximate surface area is 272 Å². The van der Waals surface area contributed by atoms with Crippen molar-refractivity contribution in [2.45, 2.75) is 45.9 Å². The average Bonchev–Trinajstić information content (AvgIpc) is 3.28. The van der Waals surface area contributed by atoms with Crippen molar-refractivity contribution >= 4 is 52.1 Å². The highest BCUT2D eigenvalue weighted by molar-refractivity contribution is 6.35. The minimum absolute atomic E-state index is 0.261. The van der Waals surface area contributed by atoms with Crippen LogP contribution in [0.1, 0.15) is 34.9 Å². The molecule has 0 fully saturated rings. The van der Waals surface area contributed by atoms with Crippen LogP contribution in [0.15, 0.2) is 102 Å². The summed E-state index contributed by atoms with van der Waals surface area (Å²) in [6, 6.07) is 29.9. The molecule has 230 valence electrons. The Bertz CT molecular complexity index is 1850. The van der Waals surface area contributed by atoms with Crippen LogP contribution in [-0.4, -0.2) is 34.7 Å². The molecule has 0 saturated heterocycles. The summed E-state index contributed by atoms with van der Waals surface area (Å²) in [5.74, 6) is -0.619. The molecule has 0 spiro atoms. The van der Waals surface area contributed by atoms with Crippen LogP contribution >= 0.6 is 23.2 Å². The Balaban J connectivity index is 1.33. The molecule has 9 heteroatoms. The number of benzene rings is 4. The lowest BCUT2D eigenvalue weighted by molar-refractivity contribution is -0.132. The fourth-order valence-electron chi connectivity index (χ4n) is 5.22. The van der Waals surface area contributed by atoms with Crippen LogP contribution in [0, 0.1) is 13.8 Å². The molecule has 2 atom stereocenters. The Morgan fingerprint density at radius 2 is 1.62 bits per heavy atom. The zero-order valence-electron chi connectivity index (χ0n) is 25.3. The number of nitrogens with zero attached hydrogens (tertiary/aromatic N) is 2. The number of para-hydroxylation sites is 1. The van der Waals surface area contributed by atoms with Gasteiger partial charge in [-0.05, 0) is 56.2 Å². The highest BCUT2D eigenvalue weighted by Gasteiger charge is 2.25. The van der Waals surface area contributed by atoms with Crippen LogP contribution in [0.3, 0.4) is 0 Å². The lowest BCUT2D eigenvalue weighted by atomic mass is 10.1. The Kier molecular flexibility index (Phi) is 10.2. The monoisotopic (exact) mass is 640 g/mol. The van der Waals surface area contributed by atoms with E-state index in [9.17, 15) is 9.59 Å². The number of rotatable bonds is 11. The van der Waals surface area contributed by atoms with Gasteiger partial charge in [0.1, 0.15) is 11.8 Å². The molecule has 0 bridgehead atoms. The SMILES string of the molecule is Cc1cccc(Cn2c(C)c(/C=N\NC(=O)[C@@H](Cc3ccccc3)NC(=O)[C@H](C)Oc3ccc(Cl)cc3Cl)c3ccccc32)c1. The fraction of sp³-hybridized carbons (Fsp3) is 0.194. The molecular weight excluding hydrogens is 607 g/mol. The number of ether oxygens (including phenoxy) is 1. The van der Waals surface area contributed by atoms with Crippen LogP contribution in [-0.2, 0) is 22.6 Å². The molecular formula is C36H34Cl2N4O3. The molecule has 0 saturated carbocycles. The van der Waals surface area contributed by atoms with Gasteiger partial charge >= 0.3 is 0 Å². The van der Waals surface area contributed by atoms with Crippen LogP contribution in [0.2, 0.25) is 10.0 Å². The number of carbonyl (C=O) groups excluding carboxylic acids is 2. The van der Waals surface area contributed by atoms with Gasteiger partial charge in [-0.1, -0.05) is 102 Å². The van der Waals surface area contributed by atoms with Crippen molar-refractivity contribution in [3.05, 3.63) is 135 Å². The molecule has 5 aromatic rings. The molecule has 2 N–H and O–H groups in total. The largest absolute Gasteiger partial charge is 0.479 e. The van der Waals surface area contributed by atoms with E-state index in [1.54, 1.807) is 25.3 Å². The standard InChI is InChI=1S/C36H34Cl2N4O3/c1-23-10-9-13-27(18-23)22-42-24(2)30(29-14-7-8-15-33(29)42)21-39-41-36(44)32(19-26-11-5-4-6-12-26)40-35(43)25(3)45-34-17-16-28(37)20-31(34)38/h4-18,20-21,25,32H,19,22H2,1-3H3,(H,40,43)(H,41,44)/b39-21-/t25-,32+/m0/s1. The molecule has 0 aliphatic rings. The van der Waals surface area contributed by atoms with Crippen molar-refractivity contribution in [1.29, 1.82) is 0 Å². The van der Waals surface area contributed by atoms with Gasteiger partial charge in [-0.15, -0.1) is 0 Å². The first kappa shape index (κ1) is 31.8. The van der Waals surface area contributed by atoms with Gasteiger partial charge in [-0.25, -0.2) is 5.43 Å². The first-order valence-electron chi connectivity index (χ1n) is 14.6. The number of hydrogen-bond donors (Lipinski definition) is 2. The third-order valence-corrected chi connectivity index (χ3v) is 8.08. The van der Waals surface area contributed by atoms with E-state index in [4.69, 9.17) is 27.9 Å². The summed E-state index contributed by atoms with van der Waals surface area (Å²) >= 11 is 12.2. The van der Waals surface area contributed by atoms with Crippen LogP contribution in [0.5, 0.6) is 5.75 Å². The van der Waals surface area contributed by atoms with Crippen LogP contribution in [0.4, 0.5) is 0 Å². The molecule has 0 radical (unpaired) electrons. The molecule has 1 heterocycles. The highest BCUT2D eigenvalue weighted by atomic mass is 35.5. The van der Waals surface area contributed by atoms with E-state index in [1.165, 1.54) is 17.2 Å². The van der Waals surface area contributed by atoms with E-state index in [0.717, 1.165) is 27.7 Å². The quantitative estimate of drug-likeness (QED) is 0.118. The Morgan fingerprint density at radius 1 is 0.889 bits per heavy atom. The first-order valence-corrected chi connectivity index (χ1v) is 15.4. The maximum atomic E-state index is 13.5. The van der Waals surface area contributed by atoms with E-state index in [1.807, 2.05) is 55.5 Å². The van der Waals surface area contributed by atoms with E-state index in [2.05, 4.69) is 57.7 Å². The lowest BCUT2D eigenvalue weighted by Gasteiger charge is -2.21. The number of aromatic nitrogens is 1. The minimum Gasteiger partial charge on any atom is -0.479 e. The van der Waals surface area contributed by atoms with Crippen molar-refractivity contribution in [2.24, 2.45) is 5.10 Å². The number of nitrogens with one attached hydrogen (secondary N) is 2. The van der Waals surface area contributed by atoms with E-state index >= 15 is 0 Å². The van der Waals surface area contributed by atoms with Gasteiger partial charge in [0.05, 0.1) is 11.2 Å². The fourth-order valence-corrected chi connectivity index (χ4v) is 5.67. The summed E-state index contributed by atoms with van der Waals surface area (Å²) < 4.78 is 8.02. The summed E-state index contributed by atoms with van der Waals surface area (Å²) in [5, 5.41) is 8.92. The van der Waals surface area contributed by atoms with E-state index in [0.29, 0.717) is 17.3 Å². The number of halogens is 2. The second-order valence-electron chi connectivity index (χ2n) is 10.9. The van der Waals surface area contributed by atoms with Crippen molar-refractivity contribution < 1.29 is 14.3 Å². The minimum atomic E-state index is -0.930. The lowest BCUT2D eigenvalue weighted by Crippen LogP contribution is -2.50. The number of carbonyl (C=O) groups is 2. The molecule has 0 aliphatic heterocycles. The number of aryl methyl sites for hydroxylation is 1. The Morgan fingerprint density at radius 3 is 2.38 bits per heavy atom. The molecule has 5 rings (SSSR count). The maximum Gasteiger partial charge on any atom is 0.262 e. The summed E-state index contributed by atoms with van der Waals surface area (Å²) in [5.41, 5.74) is 8.95. The molecule has 1 aromatic heterocycles. The highest BCUT2D eigenvalue weighted by Crippen LogP contribution is 2.28. The van der Waals surface area contributed by atoms with Crippen molar-refractivity contribution in [2.75, 3.05) is 0 Å². The smallest absolute Gasteiger partial charge is 0.262 e. The number of hydrazone groups is 1. The zero-order valence-corrected chi connectivity index (χ0v) is 26.8. The second-order valence-corrected chi connectivity index (χ2v) is 11.8. The maximum absolute atomic E-state index is 13.5. The van der Waals surface area contributed by atoms with Gasteiger partial charge in [0.25, 0.3) is 11.8 Å². The van der Waals surface area contributed by atoms with Crippen molar-refractivity contribution in [3.63, 3.8) is 0 Å². The van der Waals surface area contributed by atoms with E-state index in [-0.39, 0.29) is 11.4 Å². The van der Waals surface area contributed by atoms with Gasteiger partial charge in [0.2, 0.25) is 0 Å². The first-order chi connectivity index (χ1) is 21.7. The molecule has 0 aliphatic carbocycles. The zero-order chi connectivity index (χ0) is 31.9. The molecule has 45 heavy (non-hydrogen) atoms. The van der Waals surface area contributed by atoms with E-state index < -0.39 is 24.0 Å². The molecule has 0 unspecified atom stereocenters. The summed E-state index contributed by atoms with van der Waals surface area (Å²) in [4.78, 5) is 26.6. The topological polar surface area (TPSA) is 84.7 Å². The third kappa shape index (κ3) is 7.93. The van der Waals surface area contributed by atoms with Crippen molar-refractivity contribution in [1.82, 2.24) is 15.3 Å². The number of fused-ring (bicyclic) bond motifs is 1.